The number of halogens is 2. The highest BCUT2D eigenvalue weighted by atomic mass is 35.5. The van der Waals surface area contributed by atoms with Gasteiger partial charge in [-0.15, -0.1) is 0 Å². The van der Waals surface area contributed by atoms with Crippen LogP contribution in [0.4, 0.5) is 0 Å². The second-order valence-corrected chi connectivity index (χ2v) is 10.8. The number of aliphatic imine (C=N–C) groups is 1. The quantitative estimate of drug-likeness (QED) is 0.530. The van der Waals surface area contributed by atoms with Crippen molar-refractivity contribution in [2.24, 2.45) is 4.99 Å². The predicted octanol–water partition coefficient (Wildman–Crippen LogP) is 3.45. The first-order valence-corrected chi connectivity index (χ1v) is 12.9. The van der Waals surface area contributed by atoms with Gasteiger partial charge in [0.05, 0.1) is 11.6 Å². The van der Waals surface area contributed by atoms with Crippen LogP contribution in [-0.2, 0) is 21.2 Å². The number of amides is 1. The molecular formula is C23H28Cl2N4O3S. The SMILES string of the molecule is CN(CCc1ccc(C2=NCCN2)cc1)C(=O)CCCN(C)S(=O)(=O)c1cc(Cl)ccc1Cl. The maximum atomic E-state index is 12.8. The summed E-state index contributed by atoms with van der Waals surface area (Å²) in [6.45, 7) is 2.47. The van der Waals surface area contributed by atoms with Gasteiger partial charge in [-0.3, -0.25) is 9.79 Å². The molecule has 1 aliphatic heterocycles. The summed E-state index contributed by atoms with van der Waals surface area (Å²) in [7, 11) is -0.554. The number of carbonyl (C=O) groups excluding carboxylic acids is 1. The minimum absolute atomic E-state index is 0.0253. The molecular weight excluding hydrogens is 483 g/mol. The Morgan fingerprint density at radius 1 is 1.09 bits per heavy atom. The Morgan fingerprint density at radius 2 is 1.82 bits per heavy atom. The van der Waals surface area contributed by atoms with E-state index in [1.807, 2.05) is 12.1 Å². The Morgan fingerprint density at radius 3 is 2.48 bits per heavy atom. The van der Waals surface area contributed by atoms with Gasteiger partial charge in [-0.1, -0.05) is 47.5 Å². The van der Waals surface area contributed by atoms with E-state index in [4.69, 9.17) is 23.2 Å². The smallest absolute Gasteiger partial charge is 0.244 e. The number of benzene rings is 2. The van der Waals surface area contributed by atoms with Gasteiger partial charge in [0.2, 0.25) is 15.9 Å². The van der Waals surface area contributed by atoms with Gasteiger partial charge in [-0.05, 0) is 36.6 Å². The maximum absolute atomic E-state index is 12.8. The van der Waals surface area contributed by atoms with Crippen LogP contribution in [0.15, 0.2) is 52.4 Å². The van der Waals surface area contributed by atoms with Crippen molar-refractivity contribution >= 4 is 45.0 Å². The number of sulfonamides is 1. The van der Waals surface area contributed by atoms with E-state index in [-0.39, 0.29) is 28.8 Å². The Kier molecular flexibility index (Phi) is 8.75. The van der Waals surface area contributed by atoms with E-state index in [0.29, 0.717) is 18.0 Å². The van der Waals surface area contributed by atoms with Crippen LogP contribution in [0.25, 0.3) is 0 Å². The van der Waals surface area contributed by atoms with Gasteiger partial charge in [0.25, 0.3) is 0 Å². The van der Waals surface area contributed by atoms with Gasteiger partial charge in [0.15, 0.2) is 0 Å². The van der Waals surface area contributed by atoms with Crippen molar-refractivity contribution in [1.82, 2.24) is 14.5 Å². The summed E-state index contributed by atoms with van der Waals surface area (Å²) in [5, 5.41) is 3.66. The fraction of sp³-hybridized carbons (Fsp3) is 0.391. The number of nitrogens with zero attached hydrogens (tertiary/aromatic N) is 3. The van der Waals surface area contributed by atoms with Gasteiger partial charge < -0.3 is 10.2 Å². The van der Waals surface area contributed by atoms with Crippen molar-refractivity contribution in [1.29, 1.82) is 0 Å². The first-order valence-electron chi connectivity index (χ1n) is 10.7. The molecule has 0 atom stereocenters. The molecule has 7 nitrogen and oxygen atoms in total. The van der Waals surface area contributed by atoms with Crippen LogP contribution in [0.5, 0.6) is 0 Å². The number of carbonyl (C=O) groups is 1. The monoisotopic (exact) mass is 510 g/mol. The van der Waals surface area contributed by atoms with Crippen LogP contribution in [0.1, 0.15) is 24.0 Å². The molecule has 1 amide bonds. The van der Waals surface area contributed by atoms with E-state index in [9.17, 15) is 13.2 Å². The highest BCUT2D eigenvalue weighted by molar-refractivity contribution is 7.89. The van der Waals surface area contributed by atoms with Gasteiger partial charge in [0.1, 0.15) is 10.7 Å². The lowest BCUT2D eigenvalue weighted by molar-refractivity contribution is -0.130. The van der Waals surface area contributed by atoms with Crippen molar-refractivity contribution in [3.05, 3.63) is 63.6 Å². The second-order valence-electron chi connectivity index (χ2n) is 7.92. The lowest BCUT2D eigenvalue weighted by atomic mass is 10.1. The fourth-order valence-electron chi connectivity index (χ4n) is 3.45. The van der Waals surface area contributed by atoms with E-state index in [1.54, 1.807) is 11.9 Å². The molecule has 2 aromatic rings. The molecule has 0 saturated carbocycles. The summed E-state index contributed by atoms with van der Waals surface area (Å²) >= 11 is 12.0. The average molecular weight is 511 g/mol. The van der Waals surface area contributed by atoms with E-state index in [2.05, 4.69) is 22.4 Å². The molecule has 0 bridgehead atoms. The normalized spacial score (nSPS) is 13.7. The van der Waals surface area contributed by atoms with Gasteiger partial charge in [0, 0.05) is 50.7 Å². The lowest BCUT2D eigenvalue weighted by Gasteiger charge is -2.20. The van der Waals surface area contributed by atoms with Crippen LogP contribution in [0.2, 0.25) is 10.0 Å². The minimum Gasteiger partial charge on any atom is -0.368 e. The van der Waals surface area contributed by atoms with Crippen molar-refractivity contribution in [2.75, 3.05) is 40.3 Å². The lowest BCUT2D eigenvalue weighted by Crippen LogP contribution is -2.31. The summed E-state index contributed by atoms with van der Waals surface area (Å²) in [5.41, 5.74) is 2.21. The molecule has 33 heavy (non-hydrogen) atoms. The topological polar surface area (TPSA) is 82.1 Å². The fourth-order valence-corrected chi connectivity index (χ4v) is 5.39. The number of likely N-dealkylation sites (N-methyl/N-ethyl adjacent to an activating group) is 1. The van der Waals surface area contributed by atoms with Crippen molar-refractivity contribution < 1.29 is 13.2 Å². The molecule has 1 heterocycles. The van der Waals surface area contributed by atoms with Crippen LogP contribution >= 0.6 is 23.2 Å². The number of hydrogen-bond donors (Lipinski definition) is 1. The molecule has 3 rings (SSSR count). The van der Waals surface area contributed by atoms with Gasteiger partial charge in [-0.2, -0.15) is 0 Å². The predicted molar refractivity (Wildman–Crippen MR) is 133 cm³/mol. The summed E-state index contributed by atoms with van der Waals surface area (Å²) in [6, 6.07) is 12.5. The summed E-state index contributed by atoms with van der Waals surface area (Å²) in [6.07, 6.45) is 1.40. The van der Waals surface area contributed by atoms with Crippen LogP contribution in [-0.4, -0.2) is 69.6 Å². The molecule has 0 radical (unpaired) electrons. The second kappa shape index (κ2) is 11.3. The number of hydrogen-bond acceptors (Lipinski definition) is 5. The third-order valence-electron chi connectivity index (χ3n) is 5.51. The first kappa shape index (κ1) is 25.5. The molecule has 0 saturated heterocycles. The average Bonchev–Trinajstić information content (AvgIpc) is 3.34. The van der Waals surface area contributed by atoms with E-state index >= 15 is 0 Å². The zero-order chi connectivity index (χ0) is 24.0. The molecule has 0 aliphatic carbocycles. The Bertz CT molecular complexity index is 1120. The van der Waals surface area contributed by atoms with E-state index in [1.165, 1.54) is 29.6 Å². The molecule has 1 N–H and O–H groups in total. The zero-order valence-corrected chi connectivity index (χ0v) is 21.1. The van der Waals surface area contributed by atoms with Gasteiger partial charge >= 0.3 is 0 Å². The molecule has 1 aliphatic rings. The van der Waals surface area contributed by atoms with E-state index in [0.717, 1.165) is 36.5 Å². The van der Waals surface area contributed by atoms with Crippen LogP contribution in [0, 0.1) is 0 Å². The zero-order valence-electron chi connectivity index (χ0n) is 18.7. The van der Waals surface area contributed by atoms with E-state index < -0.39 is 10.0 Å². The maximum Gasteiger partial charge on any atom is 0.244 e. The largest absolute Gasteiger partial charge is 0.368 e. The molecule has 2 aromatic carbocycles. The molecule has 0 unspecified atom stereocenters. The molecule has 178 valence electrons. The number of amidine groups is 1. The molecule has 0 spiro atoms. The third kappa shape index (κ3) is 6.69. The first-order chi connectivity index (χ1) is 15.7. The highest BCUT2D eigenvalue weighted by Gasteiger charge is 2.24. The Hall–Kier alpha value is -2.13. The Balaban J connectivity index is 1.44. The molecule has 0 aromatic heterocycles. The standard InChI is InChI=1S/C23H28Cl2N4O3S/c1-28(15-11-17-5-7-18(8-6-17)23-26-12-13-27-23)22(30)4-3-14-29(2)33(31,32)21-16-19(24)9-10-20(21)25/h5-10,16H,3-4,11-15H2,1-2H3,(H,26,27). The van der Waals surface area contributed by atoms with Crippen LogP contribution in [0.3, 0.4) is 0 Å². The number of rotatable bonds is 10. The molecule has 10 heteroatoms. The minimum atomic E-state index is -3.79. The van der Waals surface area contributed by atoms with Crippen molar-refractivity contribution in [3.8, 4) is 0 Å². The summed E-state index contributed by atoms with van der Waals surface area (Å²) in [5.74, 6) is 0.904. The molecule has 0 fully saturated rings. The third-order valence-corrected chi connectivity index (χ3v) is 8.08. The summed E-state index contributed by atoms with van der Waals surface area (Å²) in [4.78, 5) is 18.5. The van der Waals surface area contributed by atoms with Crippen LogP contribution < -0.4 is 5.32 Å². The highest BCUT2D eigenvalue weighted by Crippen LogP contribution is 2.27. The summed E-state index contributed by atoms with van der Waals surface area (Å²) < 4.78 is 26.7. The number of nitrogens with one attached hydrogen (secondary N) is 1. The Labute approximate surface area is 205 Å². The van der Waals surface area contributed by atoms with Crippen molar-refractivity contribution in [3.63, 3.8) is 0 Å². The van der Waals surface area contributed by atoms with Gasteiger partial charge in [-0.25, -0.2) is 12.7 Å². The van der Waals surface area contributed by atoms with Crippen molar-refractivity contribution in [2.45, 2.75) is 24.2 Å².